The number of benzene rings is 3. The van der Waals surface area contributed by atoms with E-state index < -0.39 is 52.8 Å². The maximum absolute atomic E-state index is 14.7. The molecule has 0 amide bonds. The molecule has 0 bridgehead atoms. The first kappa shape index (κ1) is 25.0. The van der Waals surface area contributed by atoms with Gasteiger partial charge in [0.15, 0.2) is 23.7 Å². The second-order valence-electron chi connectivity index (χ2n) is 7.89. The van der Waals surface area contributed by atoms with E-state index in [4.69, 9.17) is 9.47 Å². The van der Waals surface area contributed by atoms with Gasteiger partial charge in [0, 0.05) is 6.42 Å². The summed E-state index contributed by atoms with van der Waals surface area (Å²) < 4.78 is 114. The van der Waals surface area contributed by atoms with Crippen LogP contribution in [0.4, 0.5) is 30.7 Å². The fraction of sp³-hybridized carbons (Fsp3) is 0.280. The number of hydrogen-bond donors (Lipinski definition) is 0. The summed E-state index contributed by atoms with van der Waals surface area (Å²) in [6.07, 6.45) is -3.69. The van der Waals surface area contributed by atoms with E-state index in [0.717, 1.165) is 42.8 Å². The molecular weight excluding hydrogens is 481 g/mol. The lowest BCUT2D eigenvalue weighted by Crippen LogP contribution is -2.26. The van der Waals surface area contributed by atoms with Crippen molar-refractivity contribution in [3.63, 3.8) is 0 Å². The summed E-state index contributed by atoms with van der Waals surface area (Å²) in [5, 5.41) is 0. The Kier molecular flexibility index (Phi) is 7.32. The summed E-state index contributed by atoms with van der Waals surface area (Å²) >= 11 is 0. The third kappa shape index (κ3) is 5.76. The lowest BCUT2D eigenvalue weighted by atomic mass is 10.0. The van der Waals surface area contributed by atoms with Crippen LogP contribution in [0.5, 0.6) is 5.75 Å². The second kappa shape index (κ2) is 10.2. The normalized spacial score (nSPS) is 14.8. The Morgan fingerprint density at radius 3 is 1.91 bits per heavy atom. The van der Waals surface area contributed by atoms with Crippen LogP contribution in [-0.4, -0.2) is 19.5 Å². The Bertz CT molecular complexity index is 1150. The van der Waals surface area contributed by atoms with E-state index in [2.05, 4.69) is 4.74 Å². The van der Waals surface area contributed by atoms with Gasteiger partial charge in [0.1, 0.15) is 22.9 Å². The van der Waals surface area contributed by atoms with Gasteiger partial charge in [-0.3, -0.25) is 0 Å². The predicted octanol–water partition coefficient (Wildman–Crippen LogP) is 6.87. The highest BCUT2D eigenvalue weighted by molar-refractivity contribution is 5.64. The number of rotatable bonds is 7. The molecule has 1 aliphatic heterocycles. The summed E-state index contributed by atoms with van der Waals surface area (Å²) in [6.45, 7) is 1.02. The molecule has 1 heterocycles. The molecule has 3 nitrogen and oxygen atoms in total. The highest BCUT2D eigenvalue weighted by Gasteiger charge is 2.41. The van der Waals surface area contributed by atoms with Gasteiger partial charge in [0.05, 0.1) is 13.2 Å². The molecule has 4 rings (SSSR count). The van der Waals surface area contributed by atoms with Crippen LogP contribution in [0.3, 0.4) is 0 Å². The quantitative estimate of drug-likeness (QED) is 0.262. The van der Waals surface area contributed by atoms with Crippen LogP contribution in [0.1, 0.15) is 24.0 Å². The van der Waals surface area contributed by atoms with Crippen LogP contribution in [0, 0.1) is 29.1 Å². The molecule has 0 N–H and O–H groups in total. The van der Waals surface area contributed by atoms with E-state index in [0.29, 0.717) is 19.6 Å². The van der Waals surface area contributed by atoms with Crippen LogP contribution >= 0.6 is 0 Å². The molecule has 0 saturated carbocycles. The van der Waals surface area contributed by atoms with Gasteiger partial charge in [-0.05, 0) is 65.9 Å². The lowest BCUT2D eigenvalue weighted by molar-refractivity contribution is -0.189. The van der Waals surface area contributed by atoms with E-state index in [9.17, 15) is 30.7 Å². The van der Waals surface area contributed by atoms with E-state index in [1.807, 2.05) is 0 Å². The summed E-state index contributed by atoms with van der Waals surface area (Å²) in [5.41, 5.74) is -1.28. The molecule has 186 valence electrons. The van der Waals surface area contributed by atoms with Crippen molar-refractivity contribution >= 4 is 0 Å². The predicted molar refractivity (Wildman–Crippen MR) is 111 cm³/mol. The molecule has 3 aromatic rings. The SMILES string of the molecule is Fc1cc(-c2ccc(OC(F)(F)c3c(F)cc(CCC4OCCCO4)cc3F)cc2)cc(F)c1F. The fourth-order valence-electron chi connectivity index (χ4n) is 3.67. The molecule has 1 saturated heterocycles. The van der Waals surface area contributed by atoms with Gasteiger partial charge >= 0.3 is 6.11 Å². The van der Waals surface area contributed by atoms with Gasteiger partial charge in [-0.2, -0.15) is 8.78 Å². The minimum Gasteiger partial charge on any atom is -0.429 e. The maximum atomic E-state index is 14.7. The van der Waals surface area contributed by atoms with Gasteiger partial charge < -0.3 is 14.2 Å². The highest BCUT2D eigenvalue weighted by atomic mass is 19.3. The molecule has 10 heteroatoms. The van der Waals surface area contributed by atoms with Crippen molar-refractivity contribution in [1.29, 1.82) is 0 Å². The van der Waals surface area contributed by atoms with Crippen LogP contribution in [0.15, 0.2) is 48.5 Å². The molecule has 0 radical (unpaired) electrons. The zero-order chi connectivity index (χ0) is 25.2. The van der Waals surface area contributed by atoms with Crippen molar-refractivity contribution in [2.75, 3.05) is 13.2 Å². The number of halogens is 7. The van der Waals surface area contributed by atoms with E-state index in [1.165, 1.54) is 12.1 Å². The minimum absolute atomic E-state index is 0.0450. The summed E-state index contributed by atoms with van der Waals surface area (Å²) in [7, 11) is 0. The van der Waals surface area contributed by atoms with Crippen molar-refractivity contribution in [3.8, 4) is 16.9 Å². The largest absolute Gasteiger partial charge is 0.432 e. The monoisotopic (exact) mass is 500 g/mol. The Morgan fingerprint density at radius 2 is 1.34 bits per heavy atom. The summed E-state index contributed by atoms with van der Waals surface area (Å²) in [6, 6.07) is 7.50. The number of hydrogen-bond acceptors (Lipinski definition) is 3. The first-order chi connectivity index (χ1) is 16.6. The standard InChI is InChI=1S/C25H19F7O3/c26-18-10-14(2-7-22-33-8-1-9-34-22)11-19(27)23(18)25(31,32)35-17-5-3-15(4-6-17)16-12-20(28)24(30)21(29)13-16/h3-6,10-13,22H,1-2,7-9H2. The molecular formula is C25H19F7O3. The third-order valence-electron chi connectivity index (χ3n) is 5.38. The molecule has 1 aliphatic rings. The summed E-state index contributed by atoms with van der Waals surface area (Å²) in [4.78, 5) is 0. The van der Waals surface area contributed by atoms with E-state index in [-0.39, 0.29) is 23.1 Å². The molecule has 1 fully saturated rings. The molecule has 35 heavy (non-hydrogen) atoms. The van der Waals surface area contributed by atoms with Gasteiger partial charge in [-0.25, -0.2) is 22.0 Å². The molecule has 0 aromatic heterocycles. The zero-order valence-corrected chi connectivity index (χ0v) is 18.1. The first-order valence-corrected chi connectivity index (χ1v) is 10.7. The lowest BCUT2D eigenvalue weighted by Gasteiger charge is -2.23. The van der Waals surface area contributed by atoms with Crippen LogP contribution < -0.4 is 4.74 Å². The average Bonchev–Trinajstić information content (AvgIpc) is 2.81. The average molecular weight is 500 g/mol. The van der Waals surface area contributed by atoms with Crippen molar-refractivity contribution in [2.24, 2.45) is 0 Å². The Labute approximate surface area is 196 Å². The smallest absolute Gasteiger partial charge is 0.429 e. The summed E-state index contributed by atoms with van der Waals surface area (Å²) in [5.74, 6) is -7.90. The van der Waals surface area contributed by atoms with E-state index in [1.54, 1.807) is 0 Å². The Hall–Kier alpha value is -3.11. The van der Waals surface area contributed by atoms with Crippen LogP contribution in [-0.2, 0) is 22.0 Å². The van der Waals surface area contributed by atoms with Gasteiger partial charge in [0.25, 0.3) is 0 Å². The second-order valence-corrected chi connectivity index (χ2v) is 7.89. The van der Waals surface area contributed by atoms with Gasteiger partial charge in [-0.15, -0.1) is 0 Å². The molecule has 0 unspecified atom stereocenters. The zero-order valence-electron chi connectivity index (χ0n) is 18.1. The molecule has 0 atom stereocenters. The highest BCUT2D eigenvalue weighted by Crippen LogP contribution is 2.36. The van der Waals surface area contributed by atoms with Gasteiger partial charge in [0.2, 0.25) is 0 Å². The Balaban J connectivity index is 1.48. The minimum atomic E-state index is -4.36. The Morgan fingerprint density at radius 1 is 0.771 bits per heavy atom. The maximum Gasteiger partial charge on any atom is 0.432 e. The van der Waals surface area contributed by atoms with Crippen molar-refractivity contribution in [2.45, 2.75) is 31.7 Å². The first-order valence-electron chi connectivity index (χ1n) is 10.7. The topological polar surface area (TPSA) is 27.7 Å². The van der Waals surface area contributed by atoms with Crippen LogP contribution in [0.25, 0.3) is 11.1 Å². The van der Waals surface area contributed by atoms with Crippen LogP contribution in [0.2, 0.25) is 0 Å². The van der Waals surface area contributed by atoms with Crippen molar-refractivity contribution in [1.82, 2.24) is 0 Å². The molecule has 3 aromatic carbocycles. The molecule has 0 aliphatic carbocycles. The van der Waals surface area contributed by atoms with Crippen molar-refractivity contribution in [3.05, 3.63) is 88.7 Å². The van der Waals surface area contributed by atoms with Crippen molar-refractivity contribution < 1.29 is 44.9 Å². The number of alkyl halides is 2. The fourth-order valence-corrected chi connectivity index (χ4v) is 3.67. The number of aryl methyl sites for hydroxylation is 1. The van der Waals surface area contributed by atoms with E-state index >= 15 is 0 Å². The molecule has 0 spiro atoms. The van der Waals surface area contributed by atoms with Gasteiger partial charge in [-0.1, -0.05) is 12.1 Å². The number of ether oxygens (including phenoxy) is 3. The third-order valence-corrected chi connectivity index (χ3v) is 5.38.